The molecule has 0 unspecified atom stereocenters. The summed E-state index contributed by atoms with van der Waals surface area (Å²) >= 11 is 0. The minimum absolute atomic E-state index is 0.217. The van der Waals surface area contributed by atoms with Crippen molar-refractivity contribution in [3.63, 3.8) is 0 Å². The molecule has 0 bridgehead atoms. The molecule has 0 saturated heterocycles. The molecule has 0 saturated carbocycles. The molecule has 5 nitrogen and oxygen atoms in total. The Hall–Kier alpha value is -2.89. The number of hydrogen-bond acceptors (Lipinski definition) is 2. The number of urea groups is 1. The van der Waals surface area contributed by atoms with E-state index in [2.05, 4.69) is 15.3 Å². The summed E-state index contributed by atoms with van der Waals surface area (Å²) in [6.07, 6.45) is 1.52. The van der Waals surface area contributed by atoms with Crippen LogP contribution >= 0.6 is 0 Å². The van der Waals surface area contributed by atoms with Crippen molar-refractivity contribution in [2.75, 3.05) is 13.6 Å². The lowest BCUT2D eigenvalue weighted by Gasteiger charge is -2.25. The van der Waals surface area contributed by atoms with Crippen molar-refractivity contribution >= 4 is 17.1 Å². The fraction of sp³-hybridized carbons (Fsp3) is 0.300. The summed E-state index contributed by atoms with van der Waals surface area (Å²) < 4.78 is 13.9. The van der Waals surface area contributed by atoms with Crippen LogP contribution < -0.4 is 5.32 Å². The number of carbonyl (C=O) groups is 1. The summed E-state index contributed by atoms with van der Waals surface area (Å²) in [5, 5.41) is 2.88. The molecule has 0 aliphatic carbocycles. The number of hydrogen-bond donors (Lipinski definition) is 2. The fourth-order valence-electron chi connectivity index (χ4n) is 2.90. The summed E-state index contributed by atoms with van der Waals surface area (Å²) in [7, 11) is 1.67. The highest BCUT2D eigenvalue weighted by Gasteiger charge is 2.19. The van der Waals surface area contributed by atoms with Crippen molar-refractivity contribution < 1.29 is 9.18 Å². The average molecular weight is 354 g/mol. The Kier molecular flexibility index (Phi) is 5.51. The number of nitrogens with one attached hydrogen (secondary N) is 2. The summed E-state index contributed by atoms with van der Waals surface area (Å²) in [5.74, 6) is 0.609. The standard InChI is InChI=1S/C20H23FN4O/c1-14(15-8-3-4-9-16(15)21)25(2)20(26)22-13-7-12-19-23-17-10-5-6-11-18(17)24-19/h3-6,8-11,14H,7,12-13H2,1-2H3,(H,22,26)(H,23,24)/t14-/m0/s1. The summed E-state index contributed by atoms with van der Waals surface area (Å²) in [4.78, 5) is 21.6. The van der Waals surface area contributed by atoms with Crippen LogP contribution in [0.2, 0.25) is 0 Å². The second kappa shape index (κ2) is 7.99. The summed E-state index contributed by atoms with van der Waals surface area (Å²) in [6, 6.07) is 13.9. The molecule has 0 aliphatic heterocycles. The Bertz CT molecular complexity index is 859. The molecule has 3 aromatic rings. The molecule has 3 rings (SSSR count). The van der Waals surface area contributed by atoms with Gasteiger partial charge in [-0.1, -0.05) is 30.3 Å². The monoisotopic (exact) mass is 354 g/mol. The molecule has 1 heterocycles. The van der Waals surface area contributed by atoms with Crippen molar-refractivity contribution in [2.24, 2.45) is 0 Å². The van der Waals surface area contributed by atoms with Crippen molar-refractivity contribution in [1.29, 1.82) is 0 Å². The topological polar surface area (TPSA) is 61.0 Å². The minimum atomic E-state index is -0.341. The molecule has 2 aromatic carbocycles. The number of aryl methyl sites for hydroxylation is 1. The van der Waals surface area contributed by atoms with Crippen LogP contribution in [-0.2, 0) is 6.42 Å². The van der Waals surface area contributed by atoms with Gasteiger partial charge in [0.1, 0.15) is 11.6 Å². The molecule has 0 fully saturated rings. The van der Waals surface area contributed by atoms with Gasteiger partial charge in [0.05, 0.1) is 17.1 Å². The van der Waals surface area contributed by atoms with Gasteiger partial charge in [0.15, 0.2) is 0 Å². The van der Waals surface area contributed by atoms with Crippen LogP contribution in [0.4, 0.5) is 9.18 Å². The third-order valence-electron chi connectivity index (χ3n) is 4.56. The second-order valence-corrected chi connectivity index (χ2v) is 6.34. The van der Waals surface area contributed by atoms with E-state index in [9.17, 15) is 9.18 Å². The smallest absolute Gasteiger partial charge is 0.317 e. The molecule has 0 spiro atoms. The van der Waals surface area contributed by atoms with Crippen LogP contribution in [0.5, 0.6) is 0 Å². The Morgan fingerprint density at radius 2 is 1.96 bits per heavy atom. The van der Waals surface area contributed by atoms with Crippen LogP contribution in [0, 0.1) is 5.82 Å². The molecule has 6 heteroatoms. The van der Waals surface area contributed by atoms with Gasteiger partial charge in [0, 0.05) is 25.6 Å². The first-order valence-corrected chi connectivity index (χ1v) is 8.75. The van der Waals surface area contributed by atoms with E-state index < -0.39 is 0 Å². The van der Waals surface area contributed by atoms with E-state index in [-0.39, 0.29) is 17.9 Å². The molecule has 26 heavy (non-hydrogen) atoms. The van der Waals surface area contributed by atoms with Crippen molar-refractivity contribution in [3.05, 3.63) is 65.7 Å². The first kappa shape index (κ1) is 17.9. The number of amides is 2. The highest BCUT2D eigenvalue weighted by Crippen LogP contribution is 2.21. The highest BCUT2D eigenvalue weighted by atomic mass is 19.1. The zero-order chi connectivity index (χ0) is 18.5. The van der Waals surface area contributed by atoms with E-state index in [0.717, 1.165) is 29.7 Å². The van der Waals surface area contributed by atoms with E-state index in [4.69, 9.17) is 0 Å². The predicted molar refractivity (Wildman–Crippen MR) is 100 cm³/mol. The number of aromatic nitrogens is 2. The molecule has 1 aromatic heterocycles. The van der Waals surface area contributed by atoms with Gasteiger partial charge in [-0.25, -0.2) is 14.2 Å². The molecule has 136 valence electrons. The number of aromatic amines is 1. The zero-order valence-corrected chi connectivity index (χ0v) is 15.0. The van der Waals surface area contributed by atoms with Gasteiger partial charge in [-0.15, -0.1) is 0 Å². The number of para-hydroxylation sites is 2. The van der Waals surface area contributed by atoms with E-state index in [1.165, 1.54) is 11.0 Å². The van der Waals surface area contributed by atoms with Crippen molar-refractivity contribution in [2.45, 2.75) is 25.8 Å². The number of carbonyl (C=O) groups excluding carboxylic acids is 1. The fourth-order valence-corrected chi connectivity index (χ4v) is 2.90. The normalized spacial score (nSPS) is 12.1. The second-order valence-electron chi connectivity index (χ2n) is 6.34. The highest BCUT2D eigenvalue weighted by molar-refractivity contribution is 5.75. The Labute approximate surface area is 152 Å². The first-order valence-electron chi connectivity index (χ1n) is 8.75. The van der Waals surface area contributed by atoms with Gasteiger partial charge in [-0.05, 0) is 31.5 Å². The largest absolute Gasteiger partial charge is 0.342 e. The van der Waals surface area contributed by atoms with E-state index in [0.29, 0.717) is 12.1 Å². The Balaban J connectivity index is 1.48. The van der Waals surface area contributed by atoms with Crippen LogP contribution in [0.3, 0.4) is 0 Å². The molecule has 1 atom stereocenters. The number of rotatable bonds is 6. The number of imidazole rings is 1. The lowest BCUT2D eigenvalue weighted by atomic mass is 10.1. The lowest BCUT2D eigenvalue weighted by Crippen LogP contribution is -2.39. The number of fused-ring (bicyclic) bond motifs is 1. The van der Waals surface area contributed by atoms with Gasteiger partial charge in [-0.3, -0.25) is 0 Å². The van der Waals surface area contributed by atoms with Gasteiger partial charge < -0.3 is 15.2 Å². The van der Waals surface area contributed by atoms with E-state index in [1.807, 2.05) is 31.2 Å². The molecular formula is C20H23FN4O. The van der Waals surface area contributed by atoms with Gasteiger partial charge in [-0.2, -0.15) is 0 Å². The maximum Gasteiger partial charge on any atom is 0.317 e. The third-order valence-corrected chi connectivity index (χ3v) is 4.56. The molecule has 0 radical (unpaired) electrons. The number of benzene rings is 2. The maximum absolute atomic E-state index is 13.9. The van der Waals surface area contributed by atoms with Crippen LogP contribution in [0.1, 0.15) is 30.8 Å². The van der Waals surface area contributed by atoms with Gasteiger partial charge in [0.2, 0.25) is 0 Å². The number of nitrogens with zero attached hydrogens (tertiary/aromatic N) is 2. The average Bonchev–Trinajstić information content (AvgIpc) is 3.07. The molecular weight excluding hydrogens is 331 g/mol. The van der Waals surface area contributed by atoms with E-state index >= 15 is 0 Å². The van der Waals surface area contributed by atoms with Crippen LogP contribution in [-0.4, -0.2) is 34.5 Å². The number of halogens is 1. The Morgan fingerprint density at radius 1 is 1.23 bits per heavy atom. The molecule has 2 amide bonds. The summed E-state index contributed by atoms with van der Waals surface area (Å²) in [5.41, 5.74) is 2.47. The van der Waals surface area contributed by atoms with Gasteiger partial charge >= 0.3 is 6.03 Å². The molecule has 2 N–H and O–H groups in total. The summed E-state index contributed by atoms with van der Waals surface area (Å²) in [6.45, 7) is 2.34. The van der Waals surface area contributed by atoms with E-state index in [1.54, 1.807) is 25.2 Å². The lowest BCUT2D eigenvalue weighted by molar-refractivity contribution is 0.193. The van der Waals surface area contributed by atoms with Crippen LogP contribution in [0.25, 0.3) is 11.0 Å². The van der Waals surface area contributed by atoms with Gasteiger partial charge in [0.25, 0.3) is 0 Å². The third kappa shape index (κ3) is 4.02. The molecule has 0 aliphatic rings. The predicted octanol–water partition coefficient (Wildman–Crippen LogP) is 4.04. The van der Waals surface area contributed by atoms with Crippen molar-refractivity contribution in [3.8, 4) is 0 Å². The zero-order valence-electron chi connectivity index (χ0n) is 15.0. The maximum atomic E-state index is 13.9. The SMILES string of the molecule is C[C@@H](c1ccccc1F)N(C)C(=O)NCCCc1nc2ccccc2[nH]1. The number of H-pyrrole nitrogens is 1. The quantitative estimate of drug-likeness (QED) is 0.656. The van der Waals surface area contributed by atoms with Crippen LogP contribution in [0.15, 0.2) is 48.5 Å². The Morgan fingerprint density at radius 3 is 2.73 bits per heavy atom. The first-order chi connectivity index (χ1) is 12.6. The van der Waals surface area contributed by atoms with Crippen molar-refractivity contribution in [1.82, 2.24) is 20.2 Å². The minimum Gasteiger partial charge on any atom is -0.342 e.